The first kappa shape index (κ1) is 16.8. The summed E-state index contributed by atoms with van der Waals surface area (Å²) in [5.74, 6) is 1.41. The molecule has 2 aromatic carbocycles. The van der Waals surface area contributed by atoms with Gasteiger partial charge in [0.1, 0.15) is 0 Å². The van der Waals surface area contributed by atoms with Gasteiger partial charge in [0.05, 0.1) is 19.9 Å². The second kappa shape index (κ2) is 7.71. The Morgan fingerprint density at radius 2 is 1.68 bits per heavy atom. The maximum Gasteiger partial charge on any atom is 0.161 e. The average Bonchev–Trinajstić information content (AvgIpc) is 2.67. The number of nitrogens with one attached hydrogen (secondary N) is 1. The van der Waals surface area contributed by atoms with Gasteiger partial charge in [-0.2, -0.15) is 0 Å². The first-order chi connectivity index (χ1) is 12.2. The Morgan fingerprint density at radius 3 is 2.40 bits per heavy atom. The van der Waals surface area contributed by atoms with Gasteiger partial charge in [0.25, 0.3) is 0 Å². The van der Waals surface area contributed by atoms with Crippen LogP contribution in [0.2, 0.25) is 0 Å². The molecule has 1 N–H and O–H groups in total. The van der Waals surface area contributed by atoms with Gasteiger partial charge in [-0.3, -0.25) is 4.98 Å². The third kappa shape index (κ3) is 3.91. The van der Waals surface area contributed by atoms with Gasteiger partial charge >= 0.3 is 0 Å². The van der Waals surface area contributed by atoms with E-state index in [1.54, 1.807) is 20.4 Å². The smallest absolute Gasteiger partial charge is 0.161 e. The van der Waals surface area contributed by atoms with E-state index in [0.717, 1.165) is 22.5 Å². The minimum Gasteiger partial charge on any atom is -0.493 e. The summed E-state index contributed by atoms with van der Waals surface area (Å²) in [5.41, 5.74) is 5.39. The summed E-state index contributed by atoms with van der Waals surface area (Å²) in [6, 6.07) is 18.3. The van der Waals surface area contributed by atoms with Crippen LogP contribution in [0.4, 0.5) is 5.69 Å². The van der Waals surface area contributed by atoms with E-state index in [0.29, 0.717) is 18.0 Å². The van der Waals surface area contributed by atoms with E-state index in [1.165, 1.54) is 5.56 Å². The Labute approximate surface area is 148 Å². The highest BCUT2D eigenvalue weighted by atomic mass is 16.5. The van der Waals surface area contributed by atoms with Crippen molar-refractivity contribution in [3.05, 3.63) is 71.9 Å². The Kier molecular flexibility index (Phi) is 5.19. The molecule has 0 bridgehead atoms. The first-order valence-electron chi connectivity index (χ1n) is 8.18. The molecule has 0 fully saturated rings. The average molecular weight is 334 g/mol. The lowest BCUT2D eigenvalue weighted by Crippen LogP contribution is -2.02. The van der Waals surface area contributed by atoms with Crippen LogP contribution in [0, 0.1) is 6.92 Å². The van der Waals surface area contributed by atoms with Gasteiger partial charge in [-0.25, -0.2) is 0 Å². The van der Waals surface area contributed by atoms with Gasteiger partial charge in [-0.15, -0.1) is 0 Å². The van der Waals surface area contributed by atoms with Crippen molar-refractivity contribution in [2.24, 2.45) is 0 Å². The minimum absolute atomic E-state index is 0.695. The molecule has 0 aliphatic heterocycles. The molecule has 0 unspecified atom stereocenters. The fourth-order valence-corrected chi connectivity index (χ4v) is 2.69. The molecule has 25 heavy (non-hydrogen) atoms. The number of aromatic nitrogens is 1. The topological polar surface area (TPSA) is 43.4 Å². The van der Waals surface area contributed by atoms with Crippen LogP contribution in [0.15, 0.2) is 60.8 Å². The van der Waals surface area contributed by atoms with Gasteiger partial charge in [-0.1, -0.05) is 23.8 Å². The summed E-state index contributed by atoms with van der Waals surface area (Å²) < 4.78 is 10.7. The molecule has 0 atom stereocenters. The van der Waals surface area contributed by atoms with E-state index in [1.807, 2.05) is 24.3 Å². The number of nitrogens with zero attached hydrogens (tertiary/aromatic N) is 1. The summed E-state index contributed by atoms with van der Waals surface area (Å²) in [7, 11) is 3.27. The number of ether oxygens (including phenoxy) is 2. The van der Waals surface area contributed by atoms with Crippen molar-refractivity contribution in [3.63, 3.8) is 0 Å². The Bertz CT molecular complexity index is 845. The Morgan fingerprint density at radius 1 is 0.920 bits per heavy atom. The van der Waals surface area contributed by atoms with Gasteiger partial charge in [0.2, 0.25) is 0 Å². The zero-order valence-electron chi connectivity index (χ0n) is 14.7. The monoisotopic (exact) mass is 334 g/mol. The molecule has 4 nitrogen and oxygen atoms in total. The van der Waals surface area contributed by atoms with Gasteiger partial charge in [0, 0.05) is 24.0 Å². The van der Waals surface area contributed by atoms with Crippen molar-refractivity contribution in [2.75, 3.05) is 19.5 Å². The number of pyridine rings is 1. The number of hydrogen-bond acceptors (Lipinski definition) is 4. The fourth-order valence-electron chi connectivity index (χ4n) is 2.69. The van der Waals surface area contributed by atoms with Gasteiger partial charge in [-0.05, 0) is 48.9 Å². The summed E-state index contributed by atoms with van der Waals surface area (Å²) in [4.78, 5) is 4.57. The number of rotatable bonds is 6. The number of anilines is 1. The number of aryl methyl sites for hydroxylation is 1. The lowest BCUT2D eigenvalue weighted by atomic mass is 10.0. The molecular weight excluding hydrogens is 312 g/mol. The van der Waals surface area contributed by atoms with Crippen LogP contribution >= 0.6 is 0 Å². The van der Waals surface area contributed by atoms with E-state index in [2.05, 4.69) is 47.6 Å². The van der Waals surface area contributed by atoms with Gasteiger partial charge in [0.15, 0.2) is 11.5 Å². The molecule has 3 aromatic rings. The van der Waals surface area contributed by atoms with Crippen molar-refractivity contribution in [2.45, 2.75) is 13.5 Å². The lowest BCUT2D eigenvalue weighted by Gasteiger charge is -2.13. The third-order valence-electron chi connectivity index (χ3n) is 4.08. The number of benzene rings is 2. The van der Waals surface area contributed by atoms with Crippen LogP contribution in [0.25, 0.3) is 11.3 Å². The van der Waals surface area contributed by atoms with Gasteiger partial charge < -0.3 is 14.8 Å². The quantitative estimate of drug-likeness (QED) is 0.710. The highest BCUT2D eigenvalue weighted by Gasteiger charge is 2.10. The van der Waals surface area contributed by atoms with E-state index in [9.17, 15) is 0 Å². The molecule has 0 aliphatic rings. The highest BCUT2D eigenvalue weighted by Crippen LogP contribution is 2.32. The summed E-state index contributed by atoms with van der Waals surface area (Å²) >= 11 is 0. The number of hydrogen-bond donors (Lipinski definition) is 1. The zero-order valence-corrected chi connectivity index (χ0v) is 14.7. The molecule has 0 spiro atoms. The Hall–Kier alpha value is -3.01. The standard InChI is InChI=1S/C21H22N2O2/c1-15-6-9-18(10-7-15)23-14-17-5-4-12-22-21(17)16-8-11-19(24-2)20(13-16)25-3/h4-13,23H,14H2,1-3H3. The van der Waals surface area contributed by atoms with E-state index in [4.69, 9.17) is 9.47 Å². The summed E-state index contributed by atoms with van der Waals surface area (Å²) in [6.07, 6.45) is 1.81. The maximum atomic E-state index is 5.41. The molecule has 0 aliphatic carbocycles. The second-order valence-electron chi connectivity index (χ2n) is 5.80. The van der Waals surface area contributed by atoms with Crippen molar-refractivity contribution in [1.82, 2.24) is 4.98 Å². The van der Waals surface area contributed by atoms with Crippen LogP contribution < -0.4 is 14.8 Å². The molecule has 0 saturated carbocycles. The highest BCUT2D eigenvalue weighted by molar-refractivity contribution is 5.67. The van der Waals surface area contributed by atoms with Crippen molar-refractivity contribution >= 4 is 5.69 Å². The lowest BCUT2D eigenvalue weighted by molar-refractivity contribution is 0.355. The first-order valence-corrected chi connectivity index (χ1v) is 8.18. The summed E-state index contributed by atoms with van der Waals surface area (Å²) in [5, 5.41) is 3.45. The van der Waals surface area contributed by atoms with E-state index < -0.39 is 0 Å². The predicted molar refractivity (Wildman–Crippen MR) is 101 cm³/mol. The molecular formula is C21H22N2O2. The van der Waals surface area contributed by atoms with Crippen LogP contribution in [0.3, 0.4) is 0 Å². The number of methoxy groups -OCH3 is 2. The molecule has 0 amide bonds. The third-order valence-corrected chi connectivity index (χ3v) is 4.08. The predicted octanol–water partition coefficient (Wildman–Crippen LogP) is 4.69. The zero-order chi connectivity index (χ0) is 17.6. The summed E-state index contributed by atoms with van der Waals surface area (Å²) in [6.45, 7) is 2.78. The van der Waals surface area contributed by atoms with Crippen LogP contribution in [-0.2, 0) is 6.54 Å². The molecule has 0 saturated heterocycles. The minimum atomic E-state index is 0.695. The molecule has 1 aromatic heterocycles. The van der Waals surface area contributed by atoms with Crippen molar-refractivity contribution < 1.29 is 9.47 Å². The second-order valence-corrected chi connectivity index (χ2v) is 5.80. The molecule has 3 rings (SSSR count). The van der Waals surface area contributed by atoms with Crippen molar-refractivity contribution in [3.8, 4) is 22.8 Å². The van der Waals surface area contributed by atoms with Crippen molar-refractivity contribution in [1.29, 1.82) is 0 Å². The Balaban J connectivity index is 1.87. The van der Waals surface area contributed by atoms with E-state index >= 15 is 0 Å². The molecule has 128 valence electrons. The fraction of sp³-hybridized carbons (Fsp3) is 0.190. The largest absolute Gasteiger partial charge is 0.493 e. The molecule has 4 heteroatoms. The SMILES string of the molecule is COc1ccc(-c2ncccc2CNc2ccc(C)cc2)cc1OC. The van der Waals surface area contributed by atoms with Crippen LogP contribution in [0.5, 0.6) is 11.5 Å². The molecule has 0 radical (unpaired) electrons. The van der Waals surface area contributed by atoms with Crippen LogP contribution in [-0.4, -0.2) is 19.2 Å². The van der Waals surface area contributed by atoms with Crippen LogP contribution in [0.1, 0.15) is 11.1 Å². The molecule has 1 heterocycles. The normalized spacial score (nSPS) is 10.4. The van der Waals surface area contributed by atoms with E-state index in [-0.39, 0.29) is 0 Å². The maximum absolute atomic E-state index is 5.41.